The standard InChI is InChI=1S/C14H22N2O3/c1-8-6-9(4-5-15-8)13(17)16-10-2-3-12(16)11(7-10)14(18)19/h8-12,15H,2-7H2,1H3,(H,18,19). The van der Waals surface area contributed by atoms with Crippen molar-refractivity contribution in [3.63, 3.8) is 0 Å². The van der Waals surface area contributed by atoms with E-state index in [1.165, 1.54) is 0 Å². The number of carbonyl (C=O) groups is 2. The fraction of sp³-hybridized carbons (Fsp3) is 0.857. The van der Waals surface area contributed by atoms with E-state index in [-0.39, 0.29) is 29.8 Å². The van der Waals surface area contributed by atoms with Crippen LogP contribution in [0.2, 0.25) is 0 Å². The first-order valence-electron chi connectivity index (χ1n) is 7.36. The summed E-state index contributed by atoms with van der Waals surface area (Å²) in [5, 5.41) is 12.6. The summed E-state index contributed by atoms with van der Waals surface area (Å²) in [7, 11) is 0. The summed E-state index contributed by atoms with van der Waals surface area (Å²) in [5.41, 5.74) is 0. The van der Waals surface area contributed by atoms with E-state index in [1.54, 1.807) is 0 Å². The molecule has 1 amide bonds. The number of piperidine rings is 1. The number of aliphatic carboxylic acids is 1. The van der Waals surface area contributed by atoms with E-state index in [0.717, 1.165) is 32.2 Å². The third-order valence-corrected chi connectivity index (χ3v) is 5.08. The molecule has 0 aromatic heterocycles. The molecule has 5 heteroatoms. The minimum Gasteiger partial charge on any atom is -0.481 e. The summed E-state index contributed by atoms with van der Waals surface area (Å²) >= 11 is 0. The predicted octanol–water partition coefficient (Wildman–Crippen LogP) is 0.839. The second-order valence-corrected chi connectivity index (χ2v) is 6.30. The van der Waals surface area contributed by atoms with Gasteiger partial charge in [-0.05, 0) is 45.6 Å². The minimum atomic E-state index is -0.733. The summed E-state index contributed by atoms with van der Waals surface area (Å²) in [5.74, 6) is -0.762. The number of carboxylic acids is 1. The molecule has 3 fully saturated rings. The van der Waals surface area contributed by atoms with Crippen molar-refractivity contribution < 1.29 is 14.7 Å². The zero-order valence-electron chi connectivity index (χ0n) is 11.3. The molecule has 0 aliphatic carbocycles. The monoisotopic (exact) mass is 266 g/mol. The fourth-order valence-corrected chi connectivity index (χ4v) is 4.16. The first kappa shape index (κ1) is 12.9. The van der Waals surface area contributed by atoms with Crippen LogP contribution in [0.4, 0.5) is 0 Å². The van der Waals surface area contributed by atoms with Crippen LogP contribution in [-0.4, -0.2) is 46.6 Å². The number of carboxylic acid groups (broad SMARTS) is 1. The van der Waals surface area contributed by atoms with Crippen molar-refractivity contribution in [2.45, 2.75) is 57.2 Å². The van der Waals surface area contributed by atoms with Crippen LogP contribution in [0.3, 0.4) is 0 Å². The second kappa shape index (κ2) is 4.78. The Morgan fingerprint density at radius 2 is 2.00 bits per heavy atom. The van der Waals surface area contributed by atoms with Gasteiger partial charge in [0.2, 0.25) is 5.91 Å². The molecule has 3 aliphatic heterocycles. The topological polar surface area (TPSA) is 69.6 Å². The van der Waals surface area contributed by atoms with E-state index >= 15 is 0 Å². The Labute approximate surface area is 113 Å². The van der Waals surface area contributed by atoms with Gasteiger partial charge in [-0.15, -0.1) is 0 Å². The quantitative estimate of drug-likeness (QED) is 0.777. The zero-order valence-corrected chi connectivity index (χ0v) is 11.3. The first-order valence-corrected chi connectivity index (χ1v) is 7.36. The van der Waals surface area contributed by atoms with Crippen LogP contribution < -0.4 is 5.32 Å². The number of amides is 1. The van der Waals surface area contributed by atoms with Gasteiger partial charge in [-0.1, -0.05) is 0 Å². The van der Waals surface area contributed by atoms with E-state index in [0.29, 0.717) is 12.5 Å². The molecule has 19 heavy (non-hydrogen) atoms. The Kier molecular flexibility index (Phi) is 3.25. The van der Waals surface area contributed by atoms with Crippen LogP contribution >= 0.6 is 0 Å². The largest absolute Gasteiger partial charge is 0.481 e. The van der Waals surface area contributed by atoms with E-state index < -0.39 is 5.97 Å². The molecule has 3 aliphatic rings. The van der Waals surface area contributed by atoms with Gasteiger partial charge in [0.25, 0.3) is 0 Å². The van der Waals surface area contributed by atoms with Crippen LogP contribution in [0.15, 0.2) is 0 Å². The highest BCUT2D eigenvalue weighted by Gasteiger charge is 2.52. The first-order chi connectivity index (χ1) is 9.08. The van der Waals surface area contributed by atoms with E-state index in [9.17, 15) is 14.7 Å². The normalized spacial score (nSPS) is 41.5. The van der Waals surface area contributed by atoms with Crippen LogP contribution in [0.1, 0.15) is 39.0 Å². The lowest BCUT2D eigenvalue weighted by Crippen LogP contribution is -2.46. The van der Waals surface area contributed by atoms with Crippen molar-refractivity contribution in [3.05, 3.63) is 0 Å². The highest BCUT2D eigenvalue weighted by Crippen LogP contribution is 2.43. The van der Waals surface area contributed by atoms with Gasteiger partial charge in [0, 0.05) is 24.0 Å². The molecule has 106 valence electrons. The number of rotatable bonds is 2. The summed E-state index contributed by atoms with van der Waals surface area (Å²) in [4.78, 5) is 25.9. The summed E-state index contributed by atoms with van der Waals surface area (Å²) in [6.45, 7) is 3.00. The average Bonchev–Trinajstić information content (AvgIpc) is 2.95. The molecule has 5 atom stereocenters. The van der Waals surface area contributed by atoms with Gasteiger partial charge in [-0.2, -0.15) is 0 Å². The summed E-state index contributed by atoms with van der Waals surface area (Å²) < 4.78 is 0. The van der Waals surface area contributed by atoms with Gasteiger partial charge in [0.05, 0.1) is 5.92 Å². The predicted molar refractivity (Wildman–Crippen MR) is 69.6 cm³/mol. The van der Waals surface area contributed by atoms with Crippen molar-refractivity contribution >= 4 is 11.9 Å². The number of nitrogens with one attached hydrogen (secondary N) is 1. The number of hydrogen-bond donors (Lipinski definition) is 2. The van der Waals surface area contributed by atoms with Gasteiger partial charge < -0.3 is 15.3 Å². The SMILES string of the molecule is CC1CC(C(=O)N2C3CCC2C(C(=O)O)C3)CCN1. The Balaban J connectivity index is 1.72. The highest BCUT2D eigenvalue weighted by molar-refractivity contribution is 5.82. The number of nitrogens with zero attached hydrogens (tertiary/aromatic N) is 1. The van der Waals surface area contributed by atoms with Gasteiger partial charge in [0.1, 0.15) is 0 Å². The number of fused-ring (bicyclic) bond motifs is 2. The maximum atomic E-state index is 12.7. The van der Waals surface area contributed by atoms with Crippen LogP contribution in [0, 0.1) is 11.8 Å². The molecule has 0 saturated carbocycles. The van der Waals surface area contributed by atoms with Crippen LogP contribution in [-0.2, 0) is 9.59 Å². The molecule has 5 unspecified atom stereocenters. The Morgan fingerprint density at radius 1 is 1.21 bits per heavy atom. The van der Waals surface area contributed by atoms with Gasteiger partial charge in [0.15, 0.2) is 0 Å². The lowest BCUT2D eigenvalue weighted by Gasteiger charge is -2.32. The van der Waals surface area contributed by atoms with Crippen molar-refractivity contribution in [1.82, 2.24) is 10.2 Å². The molecule has 0 spiro atoms. The smallest absolute Gasteiger partial charge is 0.308 e. The fourth-order valence-electron chi connectivity index (χ4n) is 4.16. The Bertz CT molecular complexity index is 398. The Morgan fingerprint density at radius 3 is 2.63 bits per heavy atom. The van der Waals surface area contributed by atoms with Gasteiger partial charge in [-0.25, -0.2) is 0 Å². The van der Waals surface area contributed by atoms with Crippen LogP contribution in [0.5, 0.6) is 0 Å². The molecule has 2 bridgehead atoms. The molecule has 0 aromatic rings. The molecule has 3 heterocycles. The van der Waals surface area contributed by atoms with E-state index in [4.69, 9.17) is 0 Å². The molecule has 3 saturated heterocycles. The summed E-state index contributed by atoms with van der Waals surface area (Å²) in [6, 6.07) is 0.530. The highest BCUT2D eigenvalue weighted by atomic mass is 16.4. The molecule has 3 rings (SSSR count). The van der Waals surface area contributed by atoms with E-state index in [1.807, 2.05) is 4.90 Å². The van der Waals surface area contributed by atoms with Crippen molar-refractivity contribution in [3.8, 4) is 0 Å². The maximum Gasteiger partial charge on any atom is 0.308 e. The lowest BCUT2D eigenvalue weighted by molar-refractivity contribution is -0.144. The minimum absolute atomic E-state index is 0.0415. The van der Waals surface area contributed by atoms with Crippen molar-refractivity contribution in [2.75, 3.05) is 6.54 Å². The third kappa shape index (κ3) is 2.14. The second-order valence-electron chi connectivity index (χ2n) is 6.30. The summed E-state index contributed by atoms with van der Waals surface area (Å²) in [6.07, 6.45) is 4.28. The molecular weight excluding hydrogens is 244 g/mol. The molecule has 2 N–H and O–H groups in total. The molecule has 0 aromatic carbocycles. The molecule has 5 nitrogen and oxygen atoms in total. The van der Waals surface area contributed by atoms with Gasteiger partial charge in [-0.3, -0.25) is 9.59 Å². The zero-order chi connectivity index (χ0) is 13.6. The Hall–Kier alpha value is -1.10. The van der Waals surface area contributed by atoms with Crippen molar-refractivity contribution in [2.24, 2.45) is 11.8 Å². The average molecular weight is 266 g/mol. The van der Waals surface area contributed by atoms with Crippen molar-refractivity contribution in [1.29, 1.82) is 0 Å². The molecular formula is C14H22N2O3. The number of carbonyl (C=O) groups excluding carboxylic acids is 1. The molecule has 0 radical (unpaired) electrons. The van der Waals surface area contributed by atoms with Crippen LogP contribution in [0.25, 0.3) is 0 Å². The third-order valence-electron chi connectivity index (χ3n) is 5.08. The number of hydrogen-bond acceptors (Lipinski definition) is 3. The van der Waals surface area contributed by atoms with E-state index in [2.05, 4.69) is 12.2 Å². The van der Waals surface area contributed by atoms with Gasteiger partial charge >= 0.3 is 5.97 Å². The lowest BCUT2D eigenvalue weighted by atomic mass is 9.89. The maximum absolute atomic E-state index is 12.7.